The third kappa shape index (κ3) is 2.22. The molecule has 2 aromatic carbocycles. The van der Waals surface area contributed by atoms with Crippen LogP contribution in [0.25, 0.3) is 0 Å². The number of carbonyl (C=O) groups excluding carboxylic acids is 2. The van der Waals surface area contributed by atoms with E-state index < -0.39 is 6.23 Å². The van der Waals surface area contributed by atoms with E-state index in [2.05, 4.69) is 0 Å². The zero-order valence-corrected chi connectivity index (χ0v) is 12.0. The van der Waals surface area contributed by atoms with E-state index >= 15 is 0 Å². The average molecular weight is 302 g/mol. The Morgan fingerprint density at radius 2 is 1.86 bits per heavy atom. The molecule has 1 heterocycles. The molecule has 0 saturated carbocycles. The number of aliphatic hydroxyl groups excluding tert-OH is 1. The molecule has 1 unspecified atom stereocenters. The van der Waals surface area contributed by atoms with Crippen molar-refractivity contribution in [2.75, 3.05) is 4.90 Å². The quantitative estimate of drug-likeness (QED) is 0.867. The SMILES string of the molecule is CC(=O)c1ccc2c(c1)C(=O)N(c1ccc(Cl)cc1)C2O. The summed E-state index contributed by atoms with van der Waals surface area (Å²) in [5.41, 5.74) is 1.86. The van der Waals surface area contributed by atoms with E-state index in [0.717, 1.165) is 0 Å². The molecule has 1 aliphatic rings. The van der Waals surface area contributed by atoms with Gasteiger partial charge in [0.2, 0.25) is 0 Å². The Bertz CT molecular complexity index is 740. The van der Waals surface area contributed by atoms with Crippen molar-refractivity contribution < 1.29 is 14.7 Å². The lowest BCUT2D eigenvalue weighted by molar-refractivity contribution is 0.0935. The molecule has 1 N–H and O–H groups in total. The lowest BCUT2D eigenvalue weighted by atomic mass is 10.0. The first-order valence-electron chi connectivity index (χ1n) is 6.41. The number of anilines is 1. The Morgan fingerprint density at radius 3 is 2.48 bits per heavy atom. The van der Waals surface area contributed by atoms with Gasteiger partial charge in [-0.3, -0.25) is 14.5 Å². The number of aliphatic hydroxyl groups is 1. The van der Waals surface area contributed by atoms with Crippen molar-refractivity contribution in [3.05, 3.63) is 64.2 Å². The van der Waals surface area contributed by atoms with Gasteiger partial charge < -0.3 is 5.11 Å². The number of halogens is 1. The molecule has 0 saturated heterocycles. The van der Waals surface area contributed by atoms with Crippen molar-refractivity contribution in [2.24, 2.45) is 0 Å². The molecule has 0 radical (unpaired) electrons. The zero-order valence-electron chi connectivity index (χ0n) is 11.2. The predicted molar refractivity (Wildman–Crippen MR) is 79.7 cm³/mol. The summed E-state index contributed by atoms with van der Waals surface area (Å²) >= 11 is 5.83. The van der Waals surface area contributed by atoms with Crippen molar-refractivity contribution in [3.63, 3.8) is 0 Å². The van der Waals surface area contributed by atoms with Gasteiger partial charge >= 0.3 is 0 Å². The molecule has 21 heavy (non-hydrogen) atoms. The first-order chi connectivity index (χ1) is 9.99. The van der Waals surface area contributed by atoms with Gasteiger partial charge in [0.1, 0.15) is 0 Å². The maximum absolute atomic E-state index is 12.5. The molecule has 0 fully saturated rings. The number of rotatable bonds is 2. The van der Waals surface area contributed by atoms with Gasteiger partial charge in [-0.15, -0.1) is 0 Å². The van der Waals surface area contributed by atoms with Crippen LogP contribution in [0.3, 0.4) is 0 Å². The number of hydrogen-bond acceptors (Lipinski definition) is 3. The van der Waals surface area contributed by atoms with E-state index in [-0.39, 0.29) is 11.7 Å². The minimum absolute atomic E-state index is 0.120. The number of fused-ring (bicyclic) bond motifs is 1. The first kappa shape index (κ1) is 13.8. The van der Waals surface area contributed by atoms with Gasteiger partial charge in [0.15, 0.2) is 12.0 Å². The van der Waals surface area contributed by atoms with E-state index in [9.17, 15) is 14.7 Å². The van der Waals surface area contributed by atoms with Crippen LogP contribution in [0.2, 0.25) is 5.02 Å². The number of carbonyl (C=O) groups is 2. The summed E-state index contributed by atoms with van der Waals surface area (Å²) in [7, 11) is 0. The van der Waals surface area contributed by atoms with Crippen LogP contribution in [0.15, 0.2) is 42.5 Å². The topological polar surface area (TPSA) is 57.6 Å². The van der Waals surface area contributed by atoms with Gasteiger partial charge in [-0.1, -0.05) is 23.7 Å². The number of ketones is 1. The van der Waals surface area contributed by atoms with Crippen LogP contribution in [-0.4, -0.2) is 16.8 Å². The van der Waals surface area contributed by atoms with Gasteiger partial charge in [-0.25, -0.2) is 0 Å². The highest BCUT2D eigenvalue weighted by atomic mass is 35.5. The van der Waals surface area contributed by atoms with E-state index in [1.54, 1.807) is 36.4 Å². The van der Waals surface area contributed by atoms with Crippen molar-refractivity contribution >= 4 is 29.0 Å². The number of hydrogen-bond donors (Lipinski definition) is 1. The van der Waals surface area contributed by atoms with Crippen molar-refractivity contribution in [1.29, 1.82) is 0 Å². The summed E-state index contributed by atoms with van der Waals surface area (Å²) in [6.07, 6.45) is -1.06. The standard InChI is InChI=1S/C16H12ClNO3/c1-9(19)10-2-7-13-14(8-10)16(21)18(15(13)20)12-5-3-11(17)4-6-12/h2-8,15,20H,1H3. The smallest absolute Gasteiger partial charge is 0.261 e. The normalized spacial score (nSPS) is 17.0. The molecule has 5 heteroatoms. The molecule has 0 aromatic heterocycles. The van der Waals surface area contributed by atoms with Crippen LogP contribution in [0.1, 0.15) is 39.4 Å². The third-order valence-electron chi connectivity index (χ3n) is 3.54. The lowest BCUT2D eigenvalue weighted by Crippen LogP contribution is -2.27. The number of benzene rings is 2. The molecular weight excluding hydrogens is 290 g/mol. The van der Waals surface area contributed by atoms with Gasteiger partial charge in [0.05, 0.1) is 0 Å². The van der Waals surface area contributed by atoms with Crippen LogP contribution in [-0.2, 0) is 0 Å². The molecule has 2 aromatic rings. The molecule has 3 rings (SSSR count). The number of amides is 1. The molecule has 0 aliphatic carbocycles. The second-order valence-electron chi connectivity index (χ2n) is 4.88. The Morgan fingerprint density at radius 1 is 1.19 bits per heavy atom. The summed E-state index contributed by atoms with van der Waals surface area (Å²) in [6, 6.07) is 11.4. The average Bonchev–Trinajstić information content (AvgIpc) is 2.72. The summed E-state index contributed by atoms with van der Waals surface area (Å²) < 4.78 is 0. The summed E-state index contributed by atoms with van der Waals surface area (Å²) in [5.74, 6) is -0.451. The second kappa shape index (κ2) is 4.98. The zero-order chi connectivity index (χ0) is 15.1. The van der Waals surface area contributed by atoms with Gasteiger partial charge in [0, 0.05) is 27.4 Å². The molecule has 1 aliphatic heterocycles. The fourth-order valence-corrected chi connectivity index (χ4v) is 2.55. The van der Waals surface area contributed by atoms with Crippen LogP contribution in [0, 0.1) is 0 Å². The van der Waals surface area contributed by atoms with Crippen molar-refractivity contribution in [2.45, 2.75) is 13.2 Å². The molecule has 1 amide bonds. The monoisotopic (exact) mass is 301 g/mol. The Kier molecular flexibility index (Phi) is 3.27. The first-order valence-corrected chi connectivity index (χ1v) is 6.79. The fraction of sp³-hybridized carbons (Fsp3) is 0.125. The third-order valence-corrected chi connectivity index (χ3v) is 3.79. The van der Waals surface area contributed by atoms with Crippen LogP contribution in [0.5, 0.6) is 0 Å². The van der Waals surface area contributed by atoms with Gasteiger partial charge in [0.25, 0.3) is 5.91 Å². The minimum atomic E-state index is -1.06. The highest BCUT2D eigenvalue weighted by Gasteiger charge is 2.36. The highest BCUT2D eigenvalue weighted by Crippen LogP contribution is 2.36. The minimum Gasteiger partial charge on any atom is -0.369 e. The molecular formula is C16H12ClNO3. The maximum atomic E-state index is 12.5. The van der Waals surface area contributed by atoms with E-state index in [1.807, 2.05) is 0 Å². The van der Waals surface area contributed by atoms with E-state index in [0.29, 0.717) is 27.4 Å². The van der Waals surface area contributed by atoms with E-state index in [4.69, 9.17) is 11.6 Å². The van der Waals surface area contributed by atoms with Crippen LogP contribution in [0.4, 0.5) is 5.69 Å². The van der Waals surface area contributed by atoms with Gasteiger partial charge in [-0.05, 0) is 37.3 Å². The summed E-state index contributed by atoms with van der Waals surface area (Å²) in [6.45, 7) is 1.44. The Balaban J connectivity index is 2.06. The van der Waals surface area contributed by atoms with Crippen LogP contribution >= 0.6 is 11.6 Å². The fourth-order valence-electron chi connectivity index (χ4n) is 2.43. The summed E-state index contributed by atoms with van der Waals surface area (Å²) in [5, 5.41) is 10.9. The molecule has 106 valence electrons. The maximum Gasteiger partial charge on any atom is 0.261 e. The number of nitrogens with zero attached hydrogens (tertiary/aromatic N) is 1. The number of Topliss-reactive ketones (excluding diaryl/α,β-unsaturated/α-hetero) is 1. The lowest BCUT2D eigenvalue weighted by Gasteiger charge is -2.20. The molecule has 0 spiro atoms. The summed E-state index contributed by atoms with van der Waals surface area (Å²) in [4.78, 5) is 25.2. The molecule has 1 atom stereocenters. The van der Waals surface area contributed by atoms with Crippen molar-refractivity contribution in [3.8, 4) is 0 Å². The molecule has 0 bridgehead atoms. The Labute approximate surface area is 126 Å². The predicted octanol–water partition coefficient (Wildman–Crippen LogP) is 3.19. The second-order valence-corrected chi connectivity index (χ2v) is 5.32. The Hall–Kier alpha value is -2.17. The van der Waals surface area contributed by atoms with Gasteiger partial charge in [-0.2, -0.15) is 0 Å². The van der Waals surface area contributed by atoms with E-state index in [1.165, 1.54) is 17.9 Å². The molecule has 4 nitrogen and oxygen atoms in total. The van der Waals surface area contributed by atoms with Crippen molar-refractivity contribution in [1.82, 2.24) is 0 Å². The largest absolute Gasteiger partial charge is 0.369 e. The highest BCUT2D eigenvalue weighted by molar-refractivity contribution is 6.30. The van der Waals surface area contributed by atoms with Crippen LogP contribution < -0.4 is 4.90 Å².